The molecule has 2 aromatic heterocycles. The van der Waals surface area contributed by atoms with Crippen LogP contribution in [0, 0.1) is 13.8 Å². The van der Waals surface area contributed by atoms with Crippen LogP contribution in [0.25, 0.3) is 5.65 Å². The summed E-state index contributed by atoms with van der Waals surface area (Å²) in [5.41, 5.74) is 4.37. The van der Waals surface area contributed by atoms with Gasteiger partial charge < -0.3 is 10.2 Å². The highest BCUT2D eigenvalue weighted by molar-refractivity contribution is 5.92. The van der Waals surface area contributed by atoms with Gasteiger partial charge in [-0.05, 0) is 44.4 Å². The van der Waals surface area contributed by atoms with Crippen molar-refractivity contribution < 1.29 is 4.79 Å². The molecule has 1 atom stereocenters. The van der Waals surface area contributed by atoms with Gasteiger partial charge in [0.2, 0.25) is 0 Å². The lowest BCUT2D eigenvalue weighted by Gasteiger charge is -2.16. The molecular formula is C21H25N5O. The Hall–Kier alpha value is -2.73. The van der Waals surface area contributed by atoms with E-state index in [0.29, 0.717) is 23.8 Å². The van der Waals surface area contributed by atoms with Gasteiger partial charge in [0.15, 0.2) is 5.65 Å². The number of aromatic nitrogens is 3. The van der Waals surface area contributed by atoms with Gasteiger partial charge >= 0.3 is 0 Å². The van der Waals surface area contributed by atoms with Gasteiger partial charge in [-0.3, -0.25) is 4.79 Å². The molecule has 140 valence electrons. The van der Waals surface area contributed by atoms with E-state index < -0.39 is 0 Å². The molecule has 1 saturated heterocycles. The van der Waals surface area contributed by atoms with E-state index in [4.69, 9.17) is 0 Å². The number of hydrogen-bond acceptors (Lipinski definition) is 4. The van der Waals surface area contributed by atoms with Gasteiger partial charge in [-0.1, -0.05) is 30.3 Å². The summed E-state index contributed by atoms with van der Waals surface area (Å²) >= 11 is 0. The minimum absolute atomic E-state index is 0.127. The maximum atomic E-state index is 12.5. The predicted octanol–water partition coefficient (Wildman–Crippen LogP) is 2.57. The van der Waals surface area contributed by atoms with Crippen molar-refractivity contribution in [2.24, 2.45) is 0 Å². The standard InChI is InChI=1S/C21H25N5O/c1-15-12-20-23-19(13-16(2)26(20)24-15)21(27)22-9-11-25-10-8-18(14-25)17-6-4-3-5-7-17/h3-7,12-13,18H,8-11,14H2,1-2H3,(H,22,27). The zero-order valence-corrected chi connectivity index (χ0v) is 15.9. The number of rotatable bonds is 5. The second-order valence-corrected chi connectivity index (χ2v) is 7.29. The number of aryl methyl sites for hydroxylation is 2. The lowest BCUT2D eigenvalue weighted by Crippen LogP contribution is -2.34. The summed E-state index contributed by atoms with van der Waals surface area (Å²) in [5.74, 6) is 0.469. The Morgan fingerprint density at radius 1 is 1.22 bits per heavy atom. The topological polar surface area (TPSA) is 62.5 Å². The van der Waals surface area contributed by atoms with Crippen LogP contribution in [0.1, 0.15) is 39.8 Å². The van der Waals surface area contributed by atoms with Gasteiger partial charge in [0.25, 0.3) is 5.91 Å². The monoisotopic (exact) mass is 363 g/mol. The summed E-state index contributed by atoms with van der Waals surface area (Å²) < 4.78 is 1.76. The Morgan fingerprint density at radius 3 is 2.85 bits per heavy atom. The Kier molecular flexibility index (Phi) is 4.90. The van der Waals surface area contributed by atoms with E-state index in [2.05, 4.69) is 50.6 Å². The molecule has 1 unspecified atom stereocenters. The second kappa shape index (κ2) is 7.48. The van der Waals surface area contributed by atoms with Crippen molar-refractivity contribution in [3.8, 4) is 0 Å². The predicted molar refractivity (Wildman–Crippen MR) is 105 cm³/mol. The summed E-state index contributed by atoms with van der Waals surface area (Å²) in [7, 11) is 0. The van der Waals surface area contributed by atoms with E-state index in [9.17, 15) is 4.79 Å². The Morgan fingerprint density at radius 2 is 2.04 bits per heavy atom. The zero-order valence-electron chi connectivity index (χ0n) is 15.9. The molecule has 0 bridgehead atoms. The van der Waals surface area contributed by atoms with E-state index in [0.717, 1.165) is 31.0 Å². The fourth-order valence-electron chi connectivity index (χ4n) is 3.81. The molecule has 1 amide bonds. The number of carbonyl (C=O) groups excluding carboxylic acids is 1. The van der Waals surface area contributed by atoms with Crippen molar-refractivity contribution in [3.05, 3.63) is 65.1 Å². The average molecular weight is 363 g/mol. The molecule has 6 nitrogen and oxygen atoms in total. The molecule has 6 heteroatoms. The Bertz CT molecular complexity index is 950. The number of nitrogens with zero attached hydrogens (tertiary/aromatic N) is 4. The van der Waals surface area contributed by atoms with Gasteiger partial charge in [-0.15, -0.1) is 0 Å². The zero-order chi connectivity index (χ0) is 18.8. The Labute approximate surface area is 159 Å². The summed E-state index contributed by atoms with van der Waals surface area (Å²) in [4.78, 5) is 19.3. The van der Waals surface area contributed by atoms with Crippen LogP contribution in [-0.4, -0.2) is 51.6 Å². The van der Waals surface area contributed by atoms with Crippen molar-refractivity contribution in [1.82, 2.24) is 24.8 Å². The van der Waals surface area contributed by atoms with Gasteiger partial charge in [0, 0.05) is 31.4 Å². The van der Waals surface area contributed by atoms with Crippen LogP contribution in [0.3, 0.4) is 0 Å². The molecule has 1 aromatic carbocycles. The molecule has 1 aliphatic rings. The summed E-state index contributed by atoms with van der Waals surface area (Å²) in [6.45, 7) is 7.48. The second-order valence-electron chi connectivity index (χ2n) is 7.29. The molecule has 4 rings (SSSR count). The molecule has 27 heavy (non-hydrogen) atoms. The summed E-state index contributed by atoms with van der Waals surface area (Å²) in [6.07, 6.45) is 1.18. The molecule has 3 aromatic rings. The molecule has 1 N–H and O–H groups in total. The average Bonchev–Trinajstić information content (AvgIpc) is 3.28. The molecular weight excluding hydrogens is 338 g/mol. The molecule has 0 aliphatic carbocycles. The molecule has 0 radical (unpaired) electrons. The first-order valence-corrected chi connectivity index (χ1v) is 9.49. The number of likely N-dealkylation sites (tertiary alicyclic amines) is 1. The van der Waals surface area contributed by atoms with Crippen LogP contribution in [0.5, 0.6) is 0 Å². The molecule has 0 saturated carbocycles. The van der Waals surface area contributed by atoms with Crippen molar-refractivity contribution in [1.29, 1.82) is 0 Å². The van der Waals surface area contributed by atoms with Crippen LogP contribution in [0.2, 0.25) is 0 Å². The van der Waals surface area contributed by atoms with Crippen molar-refractivity contribution in [3.63, 3.8) is 0 Å². The van der Waals surface area contributed by atoms with Gasteiger partial charge in [-0.2, -0.15) is 5.10 Å². The lowest BCUT2D eigenvalue weighted by atomic mass is 9.99. The van der Waals surface area contributed by atoms with Crippen molar-refractivity contribution >= 4 is 11.6 Å². The minimum atomic E-state index is -0.127. The maximum Gasteiger partial charge on any atom is 0.270 e. The van der Waals surface area contributed by atoms with Crippen molar-refractivity contribution in [2.45, 2.75) is 26.2 Å². The summed E-state index contributed by atoms with van der Waals surface area (Å²) in [5, 5.41) is 7.38. The first-order chi connectivity index (χ1) is 13.1. The number of fused-ring (bicyclic) bond motifs is 1. The molecule has 3 heterocycles. The largest absolute Gasteiger partial charge is 0.349 e. The SMILES string of the molecule is Cc1cc2nc(C(=O)NCCN3CCC(c4ccccc4)C3)cc(C)n2n1. The van der Waals surface area contributed by atoms with Gasteiger partial charge in [-0.25, -0.2) is 9.50 Å². The van der Waals surface area contributed by atoms with Crippen LogP contribution in [-0.2, 0) is 0 Å². The lowest BCUT2D eigenvalue weighted by molar-refractivity contribution is 0.0944. The molecule has 0 spiro atoms. The Balaban J connectivity index is 1.31. The fraction of sp³-hybridized carbons (Fsp3) is 0.381. The third kappa shape index (κ3) is 3.85. The minimum Gasteiger partial charge on any atom is -0.349 e. The van der Waals surface area contributed by atoms with E-state index in [1.165, 1.54) is 12.0 Å². The highest BCUT2D eigenvalue weighted by Gasteiger charge is 2.23. The van der Waals surface area contributed by atoms with Gasteiger partial charge in [0.05, 0.1) is 5.69 Å². The number of benzene rings is 1. The number of hydrogen-bond donors (Lipinski definition) is 1. The van der Waals surface area contributed by atoms with E-state index >= 15 is 0 Å². The number of nitrogens with one attached hydrogen (secondary N) is 1. The molecule has 1 aliphatic heterocycles. The van der Waals surface area contributed by atoms with E-state index in [-0.39, 0.29) is 5.91 Å². The van der Waals surface area contributed by atoms with Crippen LogP contribution in [0.4, 0.5) is 0 Å². The van der Waals surface area contributed by atoms with E-state index in [1.54, 1.807) is 10.6 Å². The van der Waals surface area contributed by atoms with Crippen LogP contribution in [0.15, 0.2) is 42.5 Å². The van der Waals surface area contributed by atoms with Crippen LogP contribution >= 0.6 is 0 Å². The number of carbonyl (C=O) groups is 1. The first-order valence-electron chi connectivity index (χ1n) is 9.49. The highest BCUT2D eigenvalue weighted by Crippen LogP contribution is 2.26. The fourth-order valence-corrected chi connectivity index (χ4v) is 3.81. The first kappa shape index (κ1) is 17.7. The molecule has 1 fully saturated rings. The third-order valence-electron chi connectivity index (χ3n) is 5.22. The van der Waals surface area contributed by atoms with Crippen LogP contribution < -0.4 is 5.32 Å². The van der Waals surface area contributed by atoms with Crippen molar-refractivity contribution in [2.75, 3.05) is 26.2 Å². The normalized spacial score (nSPS) is 17.5. The highest BCUT2D eigenvalue weighted by atomic mass is 16.1. The number of amides is 1. The third-order valence-corrected chi connectivity index (χ3v) is 5.22. The quantitative estimate of drug-likeness (QED) is 0.757. The van der Waals surface area contributed by atoms with E-state index in [1.807, 2.05) is 19.9 Å². The smallest absolute Gasteiger partial charge is 0.270 e. The summed E-state index contributed by atoms with van der Waals surface area (Å²) in [6, 6.07) is 14.4. The maximum absolute atomic E-state index is 12.5. The van der Waals surface area contributed by atoms with Gasteiger partial charge in [0.1, 0.15) is 5.69 Å².